The number of hydrogen-bond acceptors (Lipinski definition) is 5. The van der Waals surface area contributed by atoms with Crippen molar-refractivity contribution < 1.29 is 19.1 Å². The van der Waals surface area contributed by atoms with Crippen LogP contribution in [-0.2, 0) is 14.4 Å². The summed E-state index contributed by atoms with van der Waals surface area (Å²) in [6.45, 7) is 3.68. The number of ether oxygens (including phenoxy) is 1. The fraction of sp³-hybridized carbons (Fsp3) is 0.304. The van der Waals surface area contributed by atoms with E-state index >= 15 is 0 Å². The van der Waals surface area contributed by atoms with Crippen LogP contribution in [0.3, 0.4) is 0 Å². The van der Waals surface area contributed by atoms with Gasteiger partial charge in [0, 0.05) is 31.6 Å². The third kappa shape index (κ3) is 5.28. The third-order valence-corrected chi connectivity index (χ3v) is 4.95. The second-order valence-corrected chi connectivity index (χ2v) is 7.48. The molecule has 0 saturated heterocycles. The summed E-state index contributed by atoms with van der Waals surface area (Å²) in [6, 6.07) is 12.7. The first-order valence-corrected chi connectivity index (χ1v) is 9.95. The van der Waals surface area contributed by atoms with E-state index in [1.807, 2.05) is 32.0 Å². The number of nitrogens with one attached hydrogen (secondary N) is 1. The Hall–Kier alpha value is -3.68. The average molecular weight is 422 g/mol. The molecule has 31 heavy (non-hydrogen) atoms. The molecule has 3 amide bonds. The minimum absolute atomic E-state index is 0.146. The average Bonchev–Trinajstić information content (AvgIpc) is 2.75. The van der Waals surface area contributed by atoms with Crippen molar-refractivity contribution in [2.45, 2.75) is 26.7 Å². The Kier molecular flexibility index (Phi) is 6.69. The van der Waals surface area contributed by atoms with Gasteiger partial charge < -0.3 is 15.0 Å². The van der Waals surface area contributed by atoms with Gasteiger partial charge in [-0.05, 0) is 43.2 Å². The Bertz CT molecular complexity index is 1050. The molecule has 1 aliphatic rings. The molecule has 162 valence electrons. The molecule has 0 fully saturated rings. The fourth-order valence-corrected chi connectivity index (χ4v) is 3.25. The van der Waals surface area contributed by atoms with Crippen LogP contribution >= 0.6 is 0 Å². The standard InChI is InChI=1S/C23H26N4O4/c1-15-8-9-16(2)20(12-15)27-22(29)11-10-19(25-27)23(30)26(3)14-21(28)24-17-6-5-7-18(13-17)31-4/h5-9,12-13H,10-11,14H2,1-4H3,(H,24,28). The predicted molar refractivity (Wildman–Crippen MR) is 119 cm³/mol. The van der Waals surface area contributed by atoms with Crippen molar-refractivity contribution in [3.63, 3.8) is 0 Å². The molecular formula is C23H26N4O4. The minimum Gasteiger partial charge on any atom is -0.497 e. The van der Waals surface area contributed by atoms with E-state index in [1.54, 1.807) is 31.4 Å². The number of likely N-dealkylation sites (N-methyl/N-ethyl adjacent to an activating group) is 1. The molecule has 0 aromatic heterocycles. The molecule has 0 atom stereocenters. The number of methoxy groups -OCH3 is 1. The molecule has 8 heteroatoms. The van der Waals surface area contributed by atoms with Crippen molar-refractivity contribution in [3.05, 3.63) is 53.6 Å². The molecule has 0 radical (unpaired) electrons. The lowest BCUT2D eigenvalue weighted by atomic mass is 10.1. The van der Waals surface area contributed by atoms with Crippen LogP contribution in [0.4, 0.5) is 11.4 Å². The van der Waals surface area contributed by atoms with E-state index in [-0.39, 0.29) is 42.8 Å². The van der Waals surface area contributed by atoms with Gasteiger partial charge in [0.1, 0.15) is 11.5 Å². The zero-order chi connectivity index (χ0) is 22.5. The summed E-state index contributed by atoms with van der Waals surface area (Å²) >= 11 is 0. The van der Waals surface area contributed by atoms with Crippen LogP contribution in [0.25, 0.3) is 0 Å². The van der Waals surface area contributed by atoms with Crippen molar-refractivity contribution in [1.82, 2.24) is 4.90 Å². The highest BCUT2D eigenvalue weighted by Crippen LogP contribution is 2.25. The van der Waals surface area contributed by atoms with E-state index in [1.165, 1.54) is 17.0 Å². The van der Waals surface area contributed by atoms with E-state index in [2.05, 4.69) is 10.4 Å². The van der Waals surface area contributed by atoms with Gasteiger partial charge in [-0.25, -0.2) is 5.01 Å². The monoisotopic (exact) mass is 422 g/mol. The smallest absolute Gasteiger partial charge is 0.270 e. The van der Waals surface area contributed by atoms with E-state index < -0.39 is 0 Å². The number of carbonyl (C=O) groups is 3. The molecule has 1 heterocycles. The summed E-state index contributed by atoms with van der Waals surface area (Å²) in [5.74, 6) is -0.273. The lowest BCUT2D eigenvalue weighted by molar-refractivity contribution is -0.128. The number of carbonyl (C=O) groups excluding carboxylic acids is 3. The number of anilines is 2. The summed E-state index contributed by atoms with van der Waals surface area (Å²) in [7, 11) is 3.08. The quantitative estimate of drug-likeness (QED) is 0.775. The van der Waals surface area contributed by atoms with Gasteiger partial charge in [-0.2, -0.15) is 5.10 Å². The number of amides is 3. The second kappa shape index (κ2) is 9.42. The lowest BCUT2D eigenvalue weighted by Crippen LogP contribution is -2.42. The fourth-order valence-electron chi connectivity index (χ4n) is 3.25. The van der Waals surface area contributed by atoms with Gasteiger partial charge in [0.25, 0.3) is 5.91 Å². The molecule has 2 aromatic carbocycles. The Morgan fingerprint density at radius 1 is 1.16 bits per heavy atom. The number of rotatable bonds is 6. The Labute approximate surface area is 181 Å². The van der Waals surface area contributed by atoms with Gasteiger partial charge in [0.2, 0.25) is 11.8 Å². The van der Waals surface area contributed by atoms with E-state index in [4.69, 9.17) is 4.74 Å². The third-order valence-electron chi connectivity index (χ3n) is 4.95. The lowest BCUT2D eigenvalue weighted by Gasteiger charge is -2.26. The number of benzene rings is 2. The van der Waals surface area contributed by atoms with Gasteiger partial charge in [0.15, 0.2) is 0 Å². The van der Waals surface area contributed by atoms with Gasteiger partial charge >= 0.3 is 0 Å². The number of aryl methyl sites for hydroxylation is 2. The maximum Gasteiger partial charge on any atom is 0.270 e. The van der Waals surface area contributed by atoms with Crippen LogP contribution in [0.5, 0.6) is 5.75 Å². The van der Waals surface area contributed by atoms with Crippen molar-refractivity contribution in [2.75, 3.05) is 31.0 Å². The first kappa shape index (κ1) is 22.0. The predicted octanol–water partition coefficient (Wildman–Crippen LogP) is 2.89. The summed E-state index contributed by atoms with van der Waals surface area (Å²) < 4.78 is 5.14. The molecule has 0 saturated carbocycles. The SMILES string of the molecule is COc1cccc(NC(=O)CN(C)C(=O)C2=NN(c3cc(C)ccc3C)C(=O)CC2)c1. The van der Waals surface area contributed by atoms with Crippen LogP contribution in [0.1, 0.15) is 24.0 Å². The van der Waals surface area contributed by atoms with Crippen LogP contribution in [0.15, 0.2) is 47.6 Å². The normalized spacial score (nSPS) is 13.5. The number of hydrazone groups is 1. The second-order valence-electron chi connectivity index (χ2n) is 7.48. The van der Waals surface area contributed by atoms with Crippen LogP contribution in [0.2, 0.25) is 0 Å². The van der Waals surface area contributed by atoms with Gasteiger partial charge in [-0.1, -0.05) is 18.2 Å². The molecule has 0 unspecified atom stereocenters. The zero-order valence-corrected chi connectivity index (χ0v) is 18.1. The first-order chi connectivity index (χ1) is 14.8. The van der Waals surface area contributed by atoms with Crippen molar-refractivity contribution >= 4 is 34.8 Å². The molecule has 1 aliphatic heterocycles. The maximum absolute atomic E-state index is 12.9. The van der Waals surface area contributed by atoms with Gasteiger partial charge in [-0.3, -0.25) is 14.4 Å². The molecule has 3 rings (SSSR count). The molecular weight excluding hydrogens is 396 g/mol. The molecule has 2 aromatic rings. The highest BCUT2D eigenvalue weighted by atomic mass is 16.5. The summed E-state index contributed by atoms with van der Waals surface area (Å²) in [5.41, 5.74) is 3.37. The molecule has 0 bridgehead atoms. The van der Waals surface area contributed by atoms with Crippen molar-refractivity contribution in [1.29, 1.82) is 0 Å². The Balaban J connectivity index is 1.71. The zero-order valence-electron chi connectivity index (χ0n) is 18.1. The largest absolute Gasteiger partial charge is 0.497 e. The maximum atomic E-state index is 12.9. The highest BCUT2D eigenvalue weighted by molar-refractivity contribution is 6.40. The van der Waals surface area contributed by atoms with E-state index in [0.29, 0.717) is 17.1 Å². The number of nitrogens with zero attached hydrogens (tertiary/aromatic N) is 3. The molecule has 0 spiro atoms. The topological polar surface area (TPSA) is 91.3 Å². The molecule has 8 nitrogen and oxygen atoms in total. The van der Waals surface area contributed by atoms with Crippen molar-refractivity contribution in [2.24, 2.45) is 5.10 Å². The van der Waals surface area contributed by atoms with Gasteiger partial charge in [0.05, 0.1) is 19.3 Å². The van der Waals surface area contributed by atoms with Crippen LogP contribution < -0.4 is 15.1 Å². The van der Waals surface area contributed by atoms with Gasteiger partial charge in [-0.15, -0.1) is 0 Å². The summed E-state index contributed by atoms with van der Waals surface area (Å²) in [5, 5.41) is 8.37. The minimum atomic E-state index is -0.386. The number of hydrogen-bond donors (Lipinski definition) is 1. The van der Waals surface area contributed by atoms with E-state index in [0.717, 1.165) is 11.1 Å². The Morgan fingerprint density at radius 2 is 1.94 bits per heavy atom. The highest BCUT2D eigenvalue weighted by Gasteiger charge is 2.28. The Morgan fingerprint density at radius 3 is 2.68 bits per heavy atom. The van der Waals surface area contributed by atoms with Crippen LogP contribution in [0, 0.1) is 13.8 Å². The van der Waals surface area contributed by atoms with Crippen molar-refractivity contribution in [3.8, 4) is 5.75 Å². The molecule has 1 N–H and O–H groups in total. The summed E-state index contributed by atoms with van der Waals surface area (Å²) in [4.78, 5) is 39.0. The van der Waals surface area contributed by atoms with E-state index in [9.17, 15) is 14.4 Å². The first-order valence-electron chi connectivity index (χ1n) is 9.95. The van der Waals surface area contributed by atoms with Crippen LogP contribution in [-0.4, -0.2) is 49.0 Å². The summed E-state index contributed by atoms with van der Waals surface area (Å²) in [6.07, 6.45) is 0.419. The molecule has 0 aliphatic carbocycles.